The van der Waals surface area contributed by atoms with Crippen molar-refractivity contribution in [2.24, 2.45) is 0 Å². The van der Waals surface area contributed by atoms with Crippen LogP contribution in [0.2, 0.25) is 0 Å². The van der Waals surface area contributed by atoms with Crippen LogP contribution in [0.3, 0.4) is 0 Å². The quantitative estimate of drug-likeness (QED) is 0.460. The van der Waals surface area contributed by atoms with Gasteiger partial charge in [-0.2, -0.15) is 0 Å². The fourth-order valence-corrected chi connectivity index (χ4v) is 4.12. The molecular weight excluding hydrogens is 342 g/mol. The van der Waals surface area contributed by atoms with E-state index in [0.29, 0.717) is 23.5 Å². The number of nitrogens with zero attached hydrogens (tertiary/aromatic N) is 3. The number of carbonyl (C=O) groups excluding carboxylic acids is 1. The van der Waals surface area contributed by atoms with Crippen molar-refractivity contribution < 1.29 is 4.79 Å². The number of Topliss-reactive ketones (excluding diaryl/α,β-unsaturated/α-hetero) is 1. The Hall–Kier alpha value is -1.62. The summed E-state index contributed by atoms with van der Waals surface area (Å²) in [7, 11) is 0. The van der Waals surface area contributed by atoms with E-state index >= 15 is 0 Å². The summed E-state index contributed by atoms with van der Waals surface area (Å²) >= 11 is 1.51. The van der Waals surface area contributed by atoms with Crippen molar-refractivity contribution in [1.82, 2.24) is 14.8 Å². The van der Waals surface area contributed by atoms with Crippen molar-refractivity contribution in [3.8, 4) is 0 Å². The van der Waals surface area contributed by atoms with Crippen LogP contribution < -0.4 is 0 Å². The van der Waals surface area contributed by atoms with Crippen molar-refractivity contribution in [3.05, 3.63) is 40.7 Å². The maximum absolute atomic E-state index is 12.9. The van der Waals surface area contributed by atoms with Gasteiger partial charge in [-0.1, -0.05) is 57.7 Å². The molecule has 0 amide bonds. The lowest BCUT2D eigenvalue weighted by molar-refractivity contribution is 0.102. The van der Waals surface area contributed by atoms with Gasteiger partial charge in [0.05, 0.1) is 5.75 Å². The average Bonchev–Trinajstić information content (AvgIpc) is 3.38. The normalized spacial score (nSPS) is 14.4. The molecule has 0 radical (unpaired) electrons. The van der Waals surface area contributed by atoms with Crippen molar-refractivity contribution >= 4 is 17.5 Å². The molecule has 3 rings (SSSR count). The highest BCUT2D eigenvalue weighted by Crippen LogP contribution is 2.40. The Kier molecular flexibility index (Phi) is 5.86. The first-order valence-corrected chi connectivity index (χ1v) is 10.6. The van der Waals surface area contributed by atoms with Crippen LogP contribution in [0.5, 0.6) is 0 Å². The third kappa shape index (κ3) is 4.03. The van der Waals surface area contributed by atoms with Crippen molar-refractivity contribution in [1.29, 1.82) is 0 Å². The molecule has 0 atom stereocenters. The molecule has 26 heavy (non-hydrogen) atoms. The van der Waals surface area contributed by atoms with Gasteiger partial charge in [-0.05, 0) is 42.7 Å². The molecule has 1 aliphatic carbocycles. The molecular formula is C21H29N3OS. The monoisotopic (exact) mass is 371 g/mol. The van der Waals surface area contributed by atoms with E-state index in [0.717, 1.165) is 28.7 Å². The molecule has 0 bridgehead atoms. The van der Waals surface area contributed by atoms with Gasteiger partial charge in [0, 0.05) is 18.0 Å². The molecule has 4 nitrogen and oxygen atoms in total. The Morgan fingerprint density at radius 2 is 1.92 bits per heavy atom. The average molecular weight is 372 g/mol. The topological polar surface area (TPSA) is 47.8 Å². The highest BCUT2D eigenvalue weighted by molar-refractivity contribution is 7.99. The summed E-state index contributed by atoms with van der Waals surface area (Å²) in [6, 6.07) is 6.30. The zero-order chi connectivity index (χ0) is 18.8. The third-order valence-electron chi connectivity index (χ3n) is 5.00. The van der Waals surface area contributed by atoms with E-state index in [1.54, 1.807) is 0 Å². The van der Waals surface area contributed by atoms with Gasteiger partial charge in [0.25, 0.3) is 0 Å². The minimum absolute atomic E-state index is 0.174. The van der Waals surface area contributed by atoms with Gasteiger partial charge in [-0.25, -0.2) is 0 Å². The number of hydrogen-bond donors (Lipinski definition) is 0. The van der Waals surface area contributed by atoms with E-state index in [2.05, 4.69) is 61.5 Å². The van der Waals surface area contributed by atoms with Crippen molar-refractivity contribution in [2.75, 3.05) is 5.75 Å². The number of hydrogen-bond acceptors (Lipinski definition) is 4. The van der Waals surface area contributed by atoms with Crippen LogP contribution >= 0.6 is 11.8 Å². The van der Waals surface area contributed by atoms with Crippen molar-refractivity contribution in [2.45, 2.75) is 76.9 Å². The molecule has 1 heterocycles. The molecule has 140 valence electrons. The highest BCUT2D eigenvalue weighted by atomic mass is 32.2. The summed E-state index contributed by atoms with van der Waals surface area (Å²) < 4.78 is 2.17. The summed E-state index contributed by atoms with van der Waals surface area (Å²) in [5, 5.41) is 9.56. The van der Waals surface area contributed by atoms with Gasteiger partial charge in [-0.15, -0.1) is 10.2 Å². The summed E-state index contributed by atoms with van der Waals surface area (Å²) in [5.41, 5.74) is 3.29. The Bertz CT molecular complexity index is 791. The largest absolute Gasteiger partial charge is 0.306 e. The Balaban J connectivity index is 1.76. The lowest BCUT2D eigenvalue weighted by atomic mass is 9.90. The first kappa shape index (κ1) is 19.2. The Morgan fingerprint density at radius 3 is 2.50 bits per heavy atom. The number of rotatable bonds is 8. The predicted molar refractivity (Wildman–Crippen MR) is 107 cm³/mol. The number of aromatic nitrogens is 3. The number of benzene rings is 1. The minimum atomic E-state index is 0.174. The van der Waals surface area contributed by atoms with Gasteiger partial charge >= 0.3 is 0 Å². The lowest BCUT2D eigenvalue weighted by Gasteiger charge is -2.15. The summed E-state index contributed by atoms with van der Waals surface area (Å²) in [6.45, 7) is 11.6. The van der Waals surface area contributed by atoms with E-state index < -0.39 is 0 Å². The molecule has 5 heteroatoms. The lowest BCUT2D eigenvalue weighted by Crippen LogP contribution is -2.10. The molecule has 0 saturated heterocycles. The second kappa shape index (κ2) is 7.95. The first-order valence-electron chi connectivity index (χ1n) is 9.65. The van der Waals surface area contributed by atoms with Crippen LogP contribution in [0.15, 0.2) is 23.4 Å². The number of ketones is 1. The molecule has 0 aliphatic heterocycles. The van der Waals surface area contributed by atoms with E-state index in [4.69, 9.17) is 0 Å². The summed E-state index contributed by atoms with van der Waals surface area (Å²) in [4.78, 5) is 12.9. The summed E-state index contributed by atoms with van der Waals surface area (Å²) in [5.74, 6) is 3.04. The molecule has 1 aromatic heterocycles. The Morgan fingerprint density at radius 1 is 1.19 bits per heavy atom. The third-order valence-corrected chi connectivity index (χ3v) is 5.97. The highest BCUT2D eigenvalue weighted by Gasteiger charge is 2.30. The molecule has 1 aliphatic rings. The summed E-state index contributed by atoms with van der Waals surface area (Å²) in [6.07, 6.45) is 2.42. The zero-order valence-corrected chi connectivity index (χ0v) is 17.3. The molecule has 1 aromatic carbocycles. The molecule has 1 fully saturated rings. The second-order valence-electron chi connectivity index (χ2n) is 7.73. The number of thioether (sulfide) groups is 1. The predicted octanol–water partition coefficient (Wildman–Crippen LogP) is 5.40. The van der Waals surface area contributed by atoms with Crippen LogP contribution in [0.1, 0.15) is 92.5 Å². The van der Waals surface area contributed by atoms with Gasteiger partial charge in [0.2, 0.25) is 0 Å². The zero-order valence-electron chi connectivity index (χ0n) is 16.5. The molecule has 0 N–H and O–H groups in total. The number of carbonyl (C=O) groups is 1. The van der Waals surface area contributed by atoms with Gasteiger partial charge in [0.1, 0.15) is 5.82 Å². The smallest absolute Gasteiger partial charge is 0.191 e. The van der Waals surface area contributed by atoms with Gasteiger partial charge < -0.3 is 4.57 Å². The molecule has 1 saturated carbocycles. The van der Waals surface area contributed by atoms with Crippen LogP contribution in [0.4, 0.5) is 0 Å². The SMILES string of the molecule is CCn1c(SCC(=O)c2ccc(C(C)C)cc2C(C)C)nnc1C1CC1. The minimum Gasteiger partial charge on any atom is -0.306 e. The first-order chi connectivity index (χ1) is 12.4. The van der Waals surface area contributed by atoms with E-state index in [-0.39, 0.29) is 5.78 Å². The van der Waals surface area contributed by atoms with Crippen LogP contribution in [0, 0.1) is 0 Å². The maximum Gasteiger partial charge on any atom is 0.191 e. The molecule has 0 unspecified atom stereocenters. The van der Waals surface area contributed by atoms with Gasteiger partial charge in [-0.3, -0.25) is 4.79 Å². The fourth-order valence-electron chi connectivity index (χ4n) is 3.23. The van der Waals surface area contributed by atoms with E-state index in [9.17, 15) is 4.79 Å². The maximum atomic E-state index is 12.9. The van der Waals surface area contributed by atoms with Crippen molar-refractivity contribution in [3.63, 3.8) is 0 Å². The van der Waals surface area contributed by atoms with Crippen LogP contribution in [-0.2, 0) is 6.54 Å². The van der Waals surface area contributed by atoms with Gasteiger partial charge in [0.15, 0.2) is 10.9 Å². The molecule has 2 aromatic rings. The standard InChI is InChI=1S/C21H29N3OS/c1-6-24-20(15-7-8-15)22-23-21(24)26-12-19(25)17-10-9-16(13(2)3)11-18(17)14(4)5/h9-11,13-15H,6-8,12H2,1-5H3. The fraction of sp³-hybridized carbons (Fsp3) is 0.571. The molecule has 0 spiro atoms. The van der Waals surface area contributed by atoms with E-state index in [1.807, 2.05) is 6.07 Å². The van der Waals surface area contributed by atoms with Crippen LogP contribution in [0.25, 0.3) is 0 Å². The van der Waals surface area contributed by atoms with E-state index in [1.165, 1.54) is 30.2 Å². The Labute approximate surface area is 160 Å². The second-order valence-corrected chi connectivity index (χ2v) is 8.67. The van der Waals surface area contributed by atoms with Crippen LogP contribution in [-0.4, -0.2) is 26.3 Å².